The quantitative estimate of drug-likeness (QED) is 0.0592. The maximum absolute atomic E-state index is 12.7. The van der Waals surface area contributed by atoms with Gasteiger partial charge in [0.1, 0.15) is 11.6 Å². The SMILES string of the molecule is CC[C@H](CO)Nc1nc(Nc2ccc(S(N)(=O)=O)cc2)ncc1Br.COc1ccc(CNS(=O)(=O)c2ccc(Nc3ncc(Br)c(NCCO)n3)cc2)cc1OC. The van der Waals surface area contributed by atoms with Crippen molar-refractivity contribution in [3.63, 3.8) is 0 Å². The minimum Gasteiger partial charge on any atom is -0.493 e. The lowest BCUT2D eigenvalue weighted by Crippen LogP contribution is -2.23. The Morgan fingerprint density at radius 3 is 1.82 bits per heavy atom. The van der Waals surface area contributed by atoms with Crippen LogP contribution in [0.2, 0.25) is 0 Å². The van der Waals surface area contributed by atoms with E-state index in [-0.39, 0.29) is 35.6 Å². The predicted octanol–water partition coefficient (Wildman–Crippen LogP) is 4.70. The third-order valence-corrected chi connectivity index (χ3v) is 11.2. The van der Waals surface area contributed by atoms with Crippen molar-refractivity contribution >= 4 is 86.8 Å². The number of primary sulfonamides is 1. The molecule has 0 bridgehead atoms. The van der Waals surface area contributed by atoms with Crippen LogP contribution in [0.4, 0.5) is 34.9 Å². The summed E-state index contributed by atoms with van der Waals surface area (Å²) >= 11 is 6.70. The summed E-state index contributed by atoms with van der Waals surface area (Å²) < 4.78 is 62.2. The number of nitrogens with one attached hydrogen (secondary N) is 5. The average molecular weight is 955 g/mol. The minimum absolute atomic E-state index is 0.00920. The summed E-state index contributed by atoms with van der Waals surface area (Å²) in [6.07, 6.45) is 3.90. The molecule has 5 rings (SSSR count). The van der Waals surface area contributed by atoms with Gasteiger partial charge in [-0.25, -0.2) is 36.7 Å². The first kappa shape index (κ1) is 45.0. The van der Waals surface area contributed by atoms with Crippen molar-refractivity contribution < 1.29 is 36.5 Å². The molecule has 0 aliphatic rings. The van der Waals surface area contributed by atoms with E-state index in [2.05, 4.69) is 77.8 Å². The van der Waals surface area contributed by atoms with Gasteiger partial charge >= 0.3 is 0 Å². The highest BCUT2D eigenvalue weighted by molar-refractivity contribution is 9.11. The highest BCUT2D eigenvalue weighted by Crippen LogP contribution is 2.28. The molecule has 0 saturated heterocycles. The van der Waals surface area contributed by atoms with Gasteiger partial charge < -0.3 is 41.0 Å². The van der Waals surface area contributed by atoms with Crippen LogP contribution < -0.4 is 40.6 Å². The van der Waals surface area contributed by atoms with Crippen molar-refractivity contribution in [1.82, 2.24) is 24.7 Å². The van der Waals surface area contributed by atoms with Crippen molar-refractivity contribution in [3.05, 3.63) is 93.6 Å². The van der Waals surface area contributed by atoms with Crippen LogP contribution in [-0.2, 0) is 26.6 Å². The largest absolute Gasteiger partial charge is 0.493 e. The molecule has 2 aromatic heterocycles. The standard InChI is InChI=1S/C21H24BrN5O5S.C14H18BrN5O3S/c1-31-18-8-3-14(11-19(18)32-2)12-25-33(29,30)16-6-4-15(5-7-16)26-21-24-13-17(22)20(27-21)23-9-10-28;1-2-9(8-21)18-13-12(15)7-17-14(20-13)19-10-3-5-11(6-4-10)24(16,22)23/h3-8,11,13,25,28H,9-10,12H2,1-2H3,(H2,23,24,26,27);3-7,9,21H,2,8H2,1H3,(H2,16,22,23)(H2,17,18,19,20)/t;9-/m.1/s1. The molecule has 0 fully saturated rings. The first-order valence-electron chi connectivity index (χ1n) is 16.9. The molecule has 2 heterocycles. The first-order valence-corrected chi connectivity index (χ1v) is 21.6. The fraction of sp³-hybridized carbons (Fsp3) is 0.257. The molecule has 22 heteroatoms. The predicted molar refractivity (Wildman–Crippen MR) is 224 cm³/mol. The summed E-state index contributed by atoms with van der Waals surface area (Å²) in [5.74, 6) is 2.82. The number of methoxy groups -OCH3 is 2. The van der Waals surface area contributed by atoms with Gasteiger partial charge in [0.25, 0.3) is 0 Å². The second kappa shape index (κ2) is 21.2. The van der Waals surface area contributed by atoms with E-state index in [0.29, 0.717) is 61.9 Å². The first-order chi connectivity index (χ1) is 27.2. The summed E-state index contributed by atoms with van der Waals surface area (Å²) in [5, 5.41) is 35.4. The van der Waals surface area contributed by atoms with Gasteiger partial charge in [-0.3, -0.25) is 0 Å². The summed E-state index contributed by atoms with van der Waals surface area (Å²) in [7, 11) is -4.39. The van der Waals surface area contributed by atoms with Crippen molar-refractivity contribution in [2.45, 2.75) is 35.7 Å². The van der Waals surface area contributed by atoms with Crippen LogP contribution in [0, 0.1) is 0 Å². The number of rotatable bonds is 18. The Bertz CT molecular complexity index is 2310. The highest BCUT2D eigenvalue weighted by Gasteiger charge is 2.16. The maximum atomic E-state index is 12.7. The molecule has 0 radical (unpaired) electrons. The fourth-order valence-electron chi connectivity index (χ4n) is 4.68. The van der Waals surface area contributed by atoms with E-state index in [4.69, 9.17) is 19.7 Å². The molecule has 0 saturated carbocycles. The molecule has 0 aliphatic heterocycles. The van der Waals surface area contributed by atoms with Crippen LogP contribution in [0.3, 0.4) is 0 Å². The second-order valence-corrected chi connectivity index (χ2v) is 16.8. The second-order valence-electron chi connectivity index (χ2n) is 11.7. The summed E-state index contributed by atoms with van der Waals surface area (Å²) in [6.45, 7) is 2.35. The number of hydrogen-bond acceptors (Lipinski definition) is 16. The van der Waals surface area contributed by atoms with Gasteiger partial charge in [0.2, 0.25) is 31.9 Å². The lowest BCUT2D eigenvalue weighted by Gasteiger charge is -2.16. The molecular formula is C35H42Br2N10O8S2. The summed E-state index contributed by atoms with van der Waals surface area (Å²) in [4.78, 5) is 17.1. The van der Waals surface area contributed by atoms with E-state index in [1.165, 1.54) is 38.5 Å². The van der Waals surface area contributed by atoms with Crippen LogP contribution in [0.15, 0.2) is 97.9 Å². The van der Waals surface area contributed by atoms with E-state index in [1.807, 2.05) is 6.92 Å². The van der Waals surface area contributed by atoms with Gasteiger partial charge in [0.15, 0.2) is 11.5 Å². The zero-order chi connectivity index (χ0) is 41.6. The monoisotopic (exact) mass is 952 g/mol. The summed E-state index contributed by atoms with van der Waals surface area (Å²) in [5.41, 5.74) is 1.96. The number of hydrogen-bond donors (Lipinski definition) is 8. The number of nitrogens with two attached hydrogens (primary N) is 1. The zero-order valence-corrected chi connectivity index (χ0v) is 35.7. The Kier molecular flexibility index (Phi) is 16.7. The molecule has 57 heavy (non-hydrogen) atoms. The van der Waals surface area contributed by atoms with Gasteiger partial charge in [-0.2, -0.15) is 9.97 Å². The Balaban J connectivity index is 0.000000266. The van der Waals surface area contributed by atoms with E-state index in [9.17, 15) is 21.9 Å². The molecule has 0 spiro atoms. The Morgan fingerprint density at radius 1 is 0.772 bits per heavy atom. The van der Waals surface area contributed by atoms with Crippen molar-refractivity contribution in [1.29, 1.82) is 0 Å². The minimum atomic E-state index is -3.73. The van der Waals surface area contributed by atoms with Crippen molar-refractivity contribution in [2.24, 2.45) is 5.14 Å². The molecule has 9 N–H and O–H groups in total. The normalized spacial score (nSPS) is 11.8. The van der Waals surface area contributed by atoms with Gasteiger partial charge in [0, 0.05) is 36.9 Å². The fourth-order valence-corrected chi connectivity index (χ4v) is 6.85. The number of aliphatic hydroxyl groups excluding tert-OH is 2. The number of benzene rings is 3. The molecule has 0 unspecified atom stereocenters. The Hall–Kier alpha value is -4.68. The molecule has 306 valence electrons. The number of aromatic nitrogens is 4. The van der Waals surface area contributed by atoms with Crippen LogP contribution in [0.25, 0.3) is 0 Å². The van der Waals surface area contributed by atoms with Crippen LogP contribution in [-0.4, -0.2) is 87.0 Å². The van der Waals surface area contributed by atoms with Crippen LogP contribution >= 0.6 is 31.9 Å². The van der Waals surface area contributed by atoms with Gasteiger partial charge in [-0.05, 0) is 105 Å². The number of aliphatic hydroxyl groups is 2. The molecule has 1 atom stereocenters. The average Bonchev–Trinajstić information content (AvgIpc) is 3.20. The molecule has 3 aromatic carbocycles. The maximum Gasteiger partial charge on any atom is 0.240 e. The van der Waals surface area contributed by atoms with Crippen molar-refractivity contribution in [2.75, 3.05) is 55.2 Å². The number of halogens is 2. The lowest BCUT2D eigenvalue weighted by molar-refractivity contribution is 0.271. The van der Waals surface area contributed by atoms with E-state index in [1.54, 1.807) is 54.9 Å². The third kappa shape index (κ3) is 13.5. The Labute approximate surface area is 347 Å². The molecule has 5 aromatic rings. The van der Waals surface area contributed by atoms with E-state index in [0.717, 1.165) is 12.0 Å². The third-order valence-electron chi connectivity index (χ3n) is 7.72. The van der Waals surface area contributed by atoms with E-state index < -0.39 is 20.0 Å². The summed E-state index contributed by atoms with van der Waals surface area (Å²) in [6, 6.07) is 17.2. The molecule has 0 amide bonds. The van der Waals surface area contributed by atoms with Crippen LogP contribution in [0.5, 0.6) is 11.5 Å². The number of ether oxygens (including phenoxy) is 2. The molecule has 18 nitrogen and oxygen atoms in total. The topological polar surface area (TPSA) is 265 Å². The van der Waals surface area contributed by atoms with Gasteiger partial charge in [0.05, 0.1) is 52.2 Å². The van der Waals surface area contributed by atoms with E-state index >= 15 is 0 Å². The number of sulfonamides is 2. The molecular weight excluding hydrogens is 912 g/mol. The number of anilines is 6. The Morgan fingerprint density at radius 2 is 1.32 bits per heavy atom. The molecule has 0 aliphatic carbocycles. The van der Waals surface area contributed by atoms with Crippen LogP contribution in [0.1, 0.15) is 18.9 Å². The van der Waals surface area contributed by atoms with Gasteiger partial charge in [-0.1, -0.05) is 13.0 Å². The lowest BCUT2D eigenvalue weighted by atomic mass is 10.2. The van der Waals surface area contributed by atoms with Gasteiger partial charge in [-0.15, -0.1) is 0 Å². The number of nitrogens with zero attached hydrogens (tertiary/aromatic N) is 4. The smallest absolute Gasteiger partial charge is 0.240 e. The highest BCUT2D eigenvalue weighted by atomic mass is 79.9. The van der Waals surface area contributed by atoms with Crippen molar-refractivity contribution in [3.8, 4) is 11.5 Å². The zero-order valence-electron chi connectivity index (χ0n) is 30.9.